The van der Waals surface area contributed by atoms with Crippen molar-refractivity contribution < 1.29 is 37.3 Å². The van der Waals surface area contributed by atoms with Crippen molar-refractivity contribution in [2.24, 2.45) is 0 Å². The SMILES string of the molecule is CCCCCCCCC/C=C\CCCCCCCCOCC(COP(=O)(O)OCC[N+](C)(C)C)OC(=O)CCCCCCC. The zero-order valence-electron chi connectivity index (χ0n) is 29.4. The summed E-state index contributed by atoms with van der Waals surface area (Å²) in [5, 5.41) is 0. The van der Waals surface area contributed by atoms with Gasteiger partial charge in [-0.1, -0.05) is 116 Å². The van der Waals surface area contributed by atoms with Crippen molar-refractivity contribution in [3.63, 3.8) is 0 Å². The number of phosphoric ester groups is 1. The smallest absolute Gasteiger partial charge is 0.457 e. The van der Waals surface area contributed by atoms with Gasteiger partial charge in [-0.3, -0.25) is 13.8 Å². The Morgan fingerprint density at radius 2 is 1.18 bits per heavy atom. The van der Waals surface area contributed by atoms with Gasteiger partial charge in [-0.05, 0) is 38.5 Å². The third kappa shape index (κ3) is 32.6. The topological polar surface area (TPSA) is 91.3 Å². The molecule has 0 bridgehead atoms. The van der Waals surface area contributed by atoms with Gasteiger partial charge in [0.25, 0.3) is 0 Å². The molecular weight excluding hydrogens is 577 g/mol. The van der Waals surface area contributed by atoms with E-state index >= 15 is 0 Å². The highest BCUT2D eigenvalue weighted by atomic mass is 31.2. The summed E-state index contributed by atoms with van der Waals surface area (Å²) in [5.41, 5.74) is 0. The number of quaternary nitrogens is 1. The van der Waals surface area contributed by atoms with E-state index in [1.54, 1.807) is 0 Å². The highest BCUT2D eigenvalue weighted by molar-refractivity contribution is 7.47. The lowest BCUT2D eigenvalue weighted by molar-refractivity contribution is -0.870. The molecule has 0 radical (unpaired) electrons. The Morgan fingerprint density at radius 1 is 0.682 bits per heavy atom. The zero-order valence-corrected chi connectivity index (χ0v) is 30.3. The van der Waals surface area contributed by atoms with Crippen LogP contribution in [0.5, 0.6) is 0 Å². The Labute approximate surface area is 271 Å². The molecule has 0 saturated carbocycles. The lowest BCUT2D eigenvalue weighted by Crippen LogP contribution is -2.37. The molecular formula is C35H71NO7P+. The van der Waals surface area contributed by atoms with Crippen molar-refractivity contribution in [1.82, 2.24) is 0 Å². The summed E-state index contributed by atoms with van der Waals surface area (Å²) >= 11 is 0. The lowest BCUT2D eigenvalue weighted by Gasteiger charge is -2.24. The zero-order chi connectivity index (χ0) is 32.8. The fourth-order valence-electron chi connectivity index (χ4n) is 4.72. The summed E-state index contributed by atoms with van der Waals surface area (Å²) in [6, 6.07) is 0. The van der Waals surface area contributed by atoms with Crippen LogP contribution in [0.4, 0.5) is 0 Å². The number of rotatable bonds is 33. The minimum absolute atomic E-state index is 0.0893. The average Bonchev–Trinajstić information content (AvgIpc) is 2.96. The second-order valence-corrected chi connectivity index (χ2v) is 14.7. The van der Waals surface area contributed by atoms with Crippen LogP contribution in [0.15, 0.2) is 12.2 Å². The lowest BCUT2D eigenvalue weighted by atomic mass is 10.1. The normalized spacial score (nSPS) is 14.2. The van der Waals surface area contributed by atoms with Crippen molar-refractivity contribution in [3.05, 3.63) is 12.2 Å². The molecule has 0 aromatic carbocycles. The summed E-state index contributed by atoms with van der Waals surface area (Å²) in [7, 11) is 1.66. The van der Waals surface area contributed by atoms with Crippen LogP contribution < -0.4 is 0 Å². The molecule has 2 unspecified atom stereocenters. The highest BCUT2D eigenvalue weighted by Crippen LogP contribution is 2.43. The fourth-order valence-corrected chi connectivity index (χ4v) is 5.46. The first-order chi connectivity index (χ1) is 21.1. The molecule has 262 valence electrons. The van der Waals surface area contributed by atoms with Gasteiger partial charge >= 0.3 is 13.8 Å². The highest BCUT2D eigenvalue weighted by Gasteiger charge is 2.26. The van der Waals surface area contributed by atoms with E-state index in [0.717, 1.165) is 44.9 Å². The average molecular weight is 649 g/mol. The van der Waals surface area contributed by atoms with Crippen LogP contribution in [0.1, 0.15) is 149 Å². The van der Waals surface area contributed by atoms with Crippen LogP contribution in [-0.4, -0.2) is 75.6 Å². The summed E-state index contributed by atoms with van der Waals surface area (Å²) in [4.78, 5) is 22.5. The summed E-state index contributed by atoms with van der Waals surface area (Å²) in [5.74, 6) is -0.329. The van der Waals surface area contributed by atoms with Crippen LogP contribution in [0, 0.1) is 0 Å². The maximum Gasteiger partial charge on any atom is 0.472 e. The van der Waals surface area contributed by atoms with E-state index in [0.29, 0.717) is 24.1 Å². The van der Waals surface area contributed by atoms with Gasteiger partial charge in [-0.15, -0.1) is 0 Å². The number of likely N-dealkylation sites (N-methyl/N-ethyl adjacent to an activating group) is 1. The predicted molar refractivity (Wildman–Crippen MR) is 183 cm³/mol. The number of hydrogen-bond donors (Lipinski definition) is 1. The number of carbonyl (C=O) groups is 1. The molecule has 0 fully saturated rings. The first-order valence-corrected chi connectivity index (χ1v) is 19.4. The van der Waals surface area contributed by atoms with E-state index in [1.807, 2.05) is 21.1 Å². The minimum Gasteiger partial charge on any atom is -0.457 e. The van der Waals surface area contributed by atoms with E-state index in [1.165, 1.54) is 83.5 Å². The summed E-state index contributed by atoms with van der Waals surface area (Å²) in [6.45, 7) is 5.52. The molecule has 9 heteroatoms. The molecule has 1 N–H and O–H groups in total. The monoisotopic (exact) mass is 648 g/mol. The van der Waals surface area contributed by atoms with Gasteiger partial charge in [0.05, 0.1) is 34.4 Å². The molecule has 0 spiro atoms. The Bertz CT molecular complexity index is 726. The van der Waals surface area contributed by atoms with Gasteiger partial charge in [0.2, 0.25) is 0 Å². The van der Waals surface area contributed by atoms with E-state index in [4.69, 9.17) is 18.5 Å². The molecule has 0 aliphatic carbocycles. The van der Waals surface area contributed by atoms with E-state index in [9.17, 15) is 14.3 Å². The number of hydrogen-bond acceptors (Lipinski definition) is 6. The molecule has 0 aliphatic heterocycles. The van der Waals surface area contributed by atoms with Crippen molar-refractivity contribution in [2.45, 2.75) is 155 Å². The van der Waals surface area contributed by atoms with Gasteiger partial charge in [-0.2, -0.15) is 0 Å². The standard InChI is InChI=1S/C35H70NO7P/c1-6-8-10-12-13-14-15-16-17-18-19-20-21-22-23-25-27-30-40-32-34(43-35(37)28-26-24-11-9-7-2)33-42-44(38,39)41-31-29-36(3,4)5/h17-18,34H,6-16,19-33H2,1-5H3/p+1/b18-17-. The predicted octanol–water partition coefficient (Wildman–Crippen LogP) is 9.54. The first kappa shape index (κ1) is 43.2. The molecule has 0 aromatic rings. The van der Waals surface area contributed by atoms with Crippen molar-refractivity contribution in [3.8, 4) is 0 Å². The van der Waals surface area contributed by atoms with Crippen LogP contribution in [0.3, 0.4) is 0 Å². The minimum atomic E-state index is -4.25. The third-order valence-electron chi connectivity index (χ3n) is 7.58. The van der Waals surface area contributed by atoms with Gasteiger partial charge in [-0.25, -0.2) is 4.57 Å². The number of phosphoric acid groups is 1. The van der Waals surface area contributed by atoms with Crippen LogP contribution >= 0.6 is 7.82 Å². The van der Waals surface area contributed by atoms with Gasteiger partial charge in [0.1, 0.15) is 19.3 Å². The third-order valence-corrected chi connectivity index (χ3v) is 8.56. The number of unbranched alkanes of at least 4 members (excludes halogenated alkanes) is 17. The number of ether oxygens (including phenoxy) is 2. The molecule has 0 aliphatic rings. The quantitative estimate of drug-likeness (QED) is 0.0249. The van der Waals surface area contributed by atoms with Crippen LogP contribution in [0.25, 0.3) is 0 Å². The van der Waals surface area contributed by atoms with Crippen molar-refractivity contribution in [2.75, 3.05) is 54.1 Å². The molecule has 8 nitrogen and oxygen atoms in total. The molecule has 0 heterocycles. The summed E-state index contributed by atoms with van der Waals surface area (Å²) < 4.78 is 34.6. The van der Waals surface area contributed by atoms with Gasteiger partial charge in [0.15, 0.2) is 0 Å². The second-order valence-electron chi connectivity index (χ2n) is 13.3. The number of carbonyl (C=O) groups excluding carboxylic acids is 1. The van der Waals surface area contributed by atoms with E-state index < -0.39 is 13.9 Å². The van der Waals surface area contributed by atoms with E-state index in [-0.39, 0.29) is 25.8 Å². The van der Waals surface area contributed by atoms with Gasteiger partial charge in [0, 0.05) is 13.0 Å². The number of esters is 1. The molecule has 0 rings (SSSR count). The van der Waals surface area contributed by atoms with Crippen LogP contribution in [-0.2, 0) is 27.9 Å². The molecule has 2 atom stereocenters. The largest absolute Gasteiger partial charge is 0.472 e. The maximum atomic E-state index is 12.4. The Hall–Kier alpha value is -0.760. The van der Waals surface area contributed by atoms with E-state index in [2.05, 4.69) is 26.0 Å². The first-order valence-electron chi connectivity index (χ1n) is 17.9. The summed E-state index contributed by atoms with van der Waals surface area (Å²) in [6.07, 6.45) is 28.4. The number of nitrogens with zero attached hydrogens (tertiary/aromatic N) is 1. The second kappa shape index (κ2) is 29.6. The van der Waals surface area contributed by atoms with Crippen molar-refractivity contribution >= 4 is 13.8 Å². The Kier molecular flexibility index (Phi) is 29.1. The van der Waals surface area contributed by atoms with Crippen LogP contribution in [0.2, 0.25) is 0 Å². The molecule has 0 aromatic heterocycles. The van der Waals surface area contributed by atoms with Crippen molar-refractivity contribution in [1.29, 1.82) is 0 Å². The molecule has 0 amide bonds. The molecule has 44 heavy (non-hydrogen) atoms. The number of allylic oxidation sites excluding steroid dienone is 2. The fraction of sp³-hybridized carbons (Fsp3) is 0.914. The Balaban J connectivity index is 4.13. The molecule has 0 saturated heterocycles. The Morgan fingerprint density at radius 3 is 1.73 bits per heavy atom. The maximum absolute atomic E-state index is 12.4. The van der Waals surface area contributed by atoms with Gasteiger partial charge < -0.3 is 18.9 Å².